The van der Waals surface area contributed by atoms with Gasteiger partial charge < -0.3 is 20.3 Å². The van der Waals surface area contributed by atoms with Crippen LogP contribution in [0.4, 0.5) is 0 Å². The lowest BCUT2D eigenvalue weighted by molar-refractivity contribution is 0.162. The zero-order valence-corrected chi connectivity index (χ0v) is 11.0. The predicted octanol–water partition coefficient (Wildman–Crippen LogP) is 0.437. The second kappa shape index (κ2) is 8.88. The molecular weight excluding hydrogens is 210 g/mol. The van der Waals surface area contributed by atoms with Crippen molar-refractivity contribution >= 4 is 17.3 Å². The van der Waals surface area contributed by atoms with Crippen molar-refractivity contribution < 1.29 is 4.74 Å². The molecule has 0 fully saturated rings. The van der Waals surface area contributed by atoms with Crippen molar-refractivity contribution in [3.05, 3.63) is 0 Å². The lowest BCUT2D eigenvalue weighted by Crippen LogP contribution is -2.42. The Balaban J connectivity index is 3.40. The quantitative estimate of drug-likeness (QED) is 0.624. The van der Waals surface area contributed by atoms with Crippen LogP contribution >= 0.6 is 12.2 Å². The van der Waals surface area contributed by atoms with E-state index in [0.717, 1.165) is 31.4 Å². The second-order valence-electron chi connectivity index (χ2n) is 3.85. The minimum Gasteiger partial charge on any atom is -0.383 e. The summed E-state index contributed by atoms with van der Waals surface area (Å²) < 4.78 is 4.99. The molecule has 0 bridgehead atoms. The van der Waals surface area contributed by atoms with Gasteiger partial charge in [0.05, 0.1) is 6.61 Å². The van der Waals surface area contributed by atoms with Crippen molar-refractivity contribution in [2.24, 2.45) is 0 Å². The SMILES string of the molecule is COCCN(C)CCNC(=S)NC(C)C. The summed E-state index contributed by atoms with van der Waals surface area (Å²) in [7, 11) is 3.79. The van der Waals surface area contributed by atoms with Crippen molar-refractivity contribution in [1.29, 1.82) is 0 Å². The monoisotopic (exact) mass is 233 g/mol. The predicted molar refractivity (Wildman–Crippen MR) is 68.2 cm³/mol. The van der Waals surface area contributed by atoms with Gasteiger partial charge in [0, 0.05) is 32.8 Å². The number of ether oxygens (including phenoxy) is 1. The Hall–Kier alpha value is -0.390. The Morgan fingerprint density at radius 2 is 2.07 bits per heavy atom. The molecule has 0 radical (unpaired) electrons. The molecule has 0 rings (SSSR count). The Kier molecular flexibility index (Phi) is 8.65. The van der Waals surface area contributed by atoms with Gasteiger partial charge in [0.15, 0.2) is 5.11 Å². The van der Waals surface area contributed by atoms with Gasteiger partial charge in [-0.25, -0.2) is 0 Å². The van der Waals surface area contributed by atoms with E-state index in [0.29, 0.717) is 6.04 Å². The maximum Gasteiger partial charge on any atom is 0.166 e. The molecule has 0 unspecified atom stereocenters. The van der Waals surface area contributed by atoms with Gasteiger partial charge in [-0.2, -0.15) is 0 Å². The van der Waals surface area contributed by atoms with E-state index in [1.165, 1.54) is 0 Å². The van der Waals surface area contributed by atoms with Gasteiger partial charge in [-0.15, -0.1) is 0 Å². The van der Waals surface area contributed by atoms with Crippen LogP contribution in [0.3, 0.4) is 0 Å². The van der Waals surface area contributed by atoms with Crippen LogP contribution < -0.4 is 10.6 Å². The number of thiocarbonyl (C=S) groups is 1. The summed E-state index contributed by atoms with van der Waals surface area (Å²) in [6.07, 6.45) is 0. The van der Waals surface area contributed by atoms with Gasteiger partial charge in [0.1, 0.15) is 0 Å². The van der Waals surface area contributed by atoms with E-state index in [9.17, 15) is 0 Å². The molecule has 0 aromatic carbocycles. The molecule has 0 atom stereocenters. The van der Waals surface area contributed by atoms with Gasteiger partial charge in [0.25, 0.3) is 0 Å². The van der Waals surface area contributed by atoms with Crippen LogP contribution in [-0.2, 0) is 4.74 Å². The van der Waals surface area contributed by atoms with Gasteiger partial charge in [-0.3, -0.25) is 0 Å². The fourth-order valence-electron chi connectivity index (χ4n) is 1.03. The molecule has 4 nitrogen and oxygen atoms in total. The highest BCUT2D eigenvalue weighted by molar-refractivity contribution is 7.80. The average Bonchev–Trinajstić information content (AvgIpc) is 2.13. The lowest BCUT2D eigenvalue weighted by Gasteiger charge is -2.18. The molecule has 0 aromatic rings. The molecule has 0 saturated carbocycles. The summed E-state index contributed by atoms with van der Waals surface area (Å²) in [4.78, 5) is 2.20. The van der Waals surface area contributed by atoms with E-state index in [1.807, 2.05) is 0 Å². The first-order valence-electron chi connectivity index (χ1n) is 5.28. The highest BCUT2D eigenvalue weighted by Gasteiger charge is 1.99. The van der Waals surface area contributed by atoms with E-state index in [-0.39, 0.29) is 0 Å². The molecule has 0 saturated heterocycles. The Labute approximate surface area is 98.4 Å². The van der Waals surface area contributed by atoms with Crippen LogP contribution in [0.5, 0.6) is 0 Å². The molecule has 0 heterocycles. The summed E-state index contributed by atoms with van der Waals surface area (Å²) in [5.41, 5.74) is 0. The zero-order valence-electron chi connectivity index (χ0n) is 10.2. The number of nitrogens with one attached hydrogen (secondary N) is 2. The number of likely N-dealkylation sites (N-methyl/N-ethyl adjacent to an activating group) is 1. The number of rotatable bonds is 7. The average molecular weight is 233 g/mol. The second-order valence-corrected chi connectivity index (χ2v) is 4.26. The molecular formula is C10H23N3OS. The number of methoxy groups -OCH3 is 1. The summed E-state index contributed by atoms with van der Waals surface area (Å²) in [6.45, 7) is 7.67. The lowest BCUT2D eigenvalue weighted by atomic mass is 10.4. The van der Waals surface area contributed by atoms with Crippen LogP contribution in [0.15, 0.2) is 0 Å². The highest BCUT2D eigenvalue weighted by Crippen LogP contribution is 1.82. The van der Waals surface area contributed by atoms with Crippen molar-refractivity contribution in [3.8, 4) is 0 Å². The zero-order chi connectivity index (χ0) is 11.7. The molecule has 0 aliphatic carbocycles. The number of hydrogen-bond donors (Lipinski definition) is 2. The van der Waals surface area contributed by atoms with E-state index in [2.05, 4.69) is 36.4 Å². The number of nitrogens with zero attached hydrogens (tertiary/aromatic N) is 1. The summed E-state index contributed by atoms with van der Waals surface area (Å²) >= 11 is 5.10. The van der Waals surface area contributed by atoms with Gasteiger partial charge in [-0.05, 0) is 33.1 Å². The molecule has 2 N–H and O–H groups in total. The summed E-state index contributed by atoms with van der Waals surface area (Å²) in [5.74, 6) is 0. The third-order valence-corrected chi connectivity index (χ3v) is 2.14. The first kappa shape index (κ1) is 14.6. The third-order valence-electron chi connectivity index (χ3n) is 1.88. The summed E-state index contributed by atoms with van der Waals surface area (Å²) in [6, 6.07) is 0.385. The fraction of sp³-hybridized carbons (Fsp3) is 0.900. The molecule has 0 aromatic heterocycles. The summed E-state index contributed by atoms with van der Waals surface area (Å²) in [5, 5.41) is 7.02. The van der Waals surface area contributed by atoms with Crippen LogP contribution in [0, 0.1) is 0 Å². The normalized spacial score (nSPS) is 10.8. The van der Waals surface area contributed by atoms with Crippen molar-refractivity contribution in [2.75, 3.05) is 40.4 Å². The molecule has 5 heteroatoms. The van der Waals surface area contributed by atoms with Crippen LogP contribution in [-0.4, -0.2) is 56.5 Å². The molecule has 15 heavy (non-hydrogen) atoms. The Morgan fingerprint density at radius 1 is 1.40 bits per heavy atom. The Bertz CT molecular complexity index is 176. The molecule has 90 valence electrons. The van der Waals surface area contributed by atoms with E-state index in [4.69, 9.17) is 17.0 Å². The highest BCUT2D eigenvalue weighted by atomic mass is 32.1. The van der Waals surface area contributed by atoms with E-state index < -0.39 is 0 Å². The van der Waals surface area contributed by atoms with E-state index in [1.54, 1.807) is 7.11 Å². The van der Waals surface area contributed by atoms with Crippen LogP contribution in [0.1, 0.15) is 13.8 Å². The maximum absolute atomic E-state index is 5.10. The minimum absolute atomic E-state index is 0.385. The van der Waals surface area contributed by atoms with E-state index >= 15 is 0 Å². The molecule has 0 spiro atoms. The standard InChI is InChI=1S/C10H23N3OS/c1-9(2)12-10(15)11-5-6-13(3)7-8-14-4/h9H,5-8H2,1-4H3,(H2,11,12,15). The first-order valence-corrected chi connectivity index (χ1v) is 5.69. The topological polar surface area (TPSA) is 36.5 Å². The Morgan fingerprint density at radius 3 is 2.60 bits per heavy atom. The van der Waals surface area contributed by atoms with Gasteiger partial charge in [0.2, 0.25) is 0 Å². The molecule has 0 amide bonds. The smallest absolute Gasteiger partial charge is 0.166 e. The van der Waals surface area contributed by atoms with Crippen LogP contribution in [0.2, 0.25) is 0 Å². The maximum atomic E-state index is 5.10. The van der Waals surface area contributed by atoms with Gasteiger partial charge in [-0.1, -0.05) is 0 Å². The number of hydrogen-bond acceptors (Lipinski definition) is 3. The molecule has 0 aliphatic heterocycles. The third kappa shape index (κ3) is 9.90. The van der Waals surface area contributed by atoms with Crippen LogP contribution in [0.25, 0.3) is 0 Å². The fourth-order valence-corrected chi connectivity index (χ4v) is 1.37. The first-order chi connectivity index (χ1) is 7.06. The van der Waals surface area contributed by atoms with Crippen molar-refractivity contribution in [2.45, 2.75) is 19.9 Å². The largest absolute Gasteiger partial charge is 0.383 e. The minimum atomic E-state index is 0.385. The molecule has 0 aliphatic rings. The van der Waals surface area contributed by atoms with Crippen molar-refractivity contribution in [1.82, 2.24) is 15.5 Å². The van der Waals surface area contributed by atoms with Gasteiger partial charge >= 0.3 is 0 Å². The van der Waals surface area contributed by atoms with Crippen molar-refractivity contribution in [3.63, 3.8) is 0 Å².